The van der Waals surface area contributed by atoms with Gasteiger partial charge in [0.25, 0.3) is 0 Å². The second kappa shape index (κ2) is 7.31. The summed E-state index contributed by atoms with van der Waals surface area (Å²) in [5.41, 5.74) is 2.50. The lowest BCUT2D eigenvalue weighted by Crippen LogP contribution is -2.45. The minimum absolute atomic E-state index is 0.0954. The smallest absolute Gasteiger partial charge is 0.231 e. The lowest BCUT2D eigenvalue weighted by Gasteiger charge is -2.42. The summed E-state index contributed by atoms with van der Waals surface area (Å²) in [4.78, 5) is 12.4. The van der Waals surface area contributed by atoms with E-state index in [4.69, 9.17) is 9.47 Å². The number of hydrogen-bond donors (Lipinski definition) is 1. The third-order valence-electron chi connectivity index (χ3n) is 5.45. The van der Waals surface area contributed by atoms with Crippen LogP contribution in [-0.4, -0.2) is 19.2 Å². The lowest BCUT2D eigenvalue weighted by atomic mass is 9.64. The predicted molar refractivity (Wildman–Crippen MR) is 104 cm³/mol. The molecule has 136 valence electrons. The first-order valence-electron chi connectivity index (χ1n) is 9.06. The number of amides is 1. The van der Waals surface area contributed by atoms with Gasteiger partial charge in [0, 0.05) is 22.9 Å². The predicted octanol–water partition coefficient (Wildman–Crippen LogP) is 4.35. The van der Waals surface area contributed by atoms with Crippen LogP contribution in [0.3, 0.4) is 0 Å². The van der Waals surface area contributed by atoms with Crippen LogP contribution in [0.2, 0.25) is 0 Å². The van der Waals surface area contributed by atoms with Gasteiger partial charge in [-0.15, -0.1) is 0 Å². The Hall–Kier alpha value is -2.01. The highest BCUT2D eigenvalue weighted by Gasteiger charge is 2.38. The van der Waals surface area contributed by atoms with Crippen molar-refractivity contribution >= 4 is 21.8 Å². The number of hydrogen-bond acceptors (Lipinski definition) is 3. The van der Waals surface area contributed by atoms with E-state index in [1.807, 2.05) is 24.3 Å². The van der Waals surface area contributed by atoms with Gasteiger partial charge < -0.3 is 14.8 Å². The average Bonchev–Trinajstić information content (AvgIpc) is 3.07. The Kier molecular flexibility index (Phi) is 4.90. The maximum absolute atomic E-state index is 12.4. The fourth-order valence-electron chi connectivity index (χ4n) is 3.70. The van der Waals surface area contributed by atoms with Gasteiger partial charge in [-0.3, -0.25) is 4.79 Å². The minimum atomic E-state index is 0.0954. The van der Waals surface area contributed by atoms with Crippen LogP contribution in [0, 0.1) is 0 Å². The molecule has 0 aromatic heterocycles. The Labute approximate surface area is 162 Å². The number of carbonyl (C=O) groups excluding carboxylic acids is 1. The van der Waals surface area contributed by atoms with Gasteiger partial charge in [-0.2, -0.15) is 0 Å². The molecule has 4 nitrogen and oxygen atoms in total. The number of carbonyl (C=O) groups is 1. The Morgan fingerprint density at radius 2 is 1.96 bits per heavy atom. The first kappa shape index (κ1) is 17.4. The van der Waals surface area contributed by atoms with Crippen molar-refractivity contribution in [3.8, 4) is 11.5 Å². The molecule has 0 saturated heterocycles. The van der Waals surface area contributed by atoms with Crippen LogP contribution < -0.4 is 14.8 Å². The van der Waals surface area contributed by atoms with Crippen molar-refractivity contribution in [2.24, 2.45) is 0 Å². The second-order valence-electron chi connectivity index (χ2n) is 7.11. The van der Waals surface area contributed by atoms with Crippen LogP contribution in [0.1, 0.15) is 36.8 Å². The highest BCUT2D eigenvalue weighted by atomic mass is 79.9. The summed E-state index contributed by atoms with van der Waals surface area (Å²) < 4.78 is 11.8. The Morgan fingerprint density at radius 1 is 1.12 bits per heavy atom. The van der Waals surface area contributed by atoms with Gasteiger partial charge in [-0.05, 0) is 54.7 Å². The highest BCUT2D eigenvalue weighted by molar-refractivity contribution is 9.10. The Bertz CT molecular complexity index is 817. The topological polar surface area (TPSA) is 47.6 Å². The zero-order valence-corrected chi connectivity index (χ0v) is 16.2. The van der Waals surface area contributed by atoms with E-state index < -0.39 is 0 Å². The van der Waals surface area contributed by atoms with Crippen molar-refractivity contribution in [1.82, 2.24) is 5.32 Å². The highest BCUT2D eigenvalue weighted by Crippen LogP contribution is 2.43. The molecule has 4 rings (SSSR count). The summed E-state index contributed by atoms with van der Waals surface area (Å²) in [6, 6.07) is 14.3. The van der Waals surface area contributed by atoms with Crippen LogP contribution >= 0.6 is 15.9 Å². The second-order valence-corrected chi connectivity index (χ2v) is 8.02. The number of aryl methyl sites for hydroxylation is 1. The van der Waals surface area contributed by atoms with Crippen molar-refractivity contribution in [3.63, 3.8) is 0 Å². The molecule has 2 aromatic rings. The van der Waals surface area contributed by atoms with Crippen LogP contribution in [0.5, 0.6) is 11.5 Å². The molecule has 0 spiro atoms. The minimum Gasteiger partial charge on any atom is -0.454 e. The largest absolute Gasteiger partial charge is 0.454 e. The first-order valence-corrected chi connectivity index (χ1v) is 9.85. The Morgan fingerprint density at radius 3 is 2.73 bits per heavy atom. The van der Waals surface area contributed by atoms with Crippen molar-refractivity contribution < 1.29 is 14.3 Å². The lowest BCUT2D eigenvalue weighted by molar-refractivity contribution is -0.121. The zero-order valence-electron chi connectivity index (χ0n) is 14.6. The van der Waals surface area contributed by atoms with Gasteiger partial charge in [0.15, 0.2) is 11.5 Å². The number of rotatable bonds is 6. The van der Waals surface area contributed by atoms with Gasteiger partial charge in [0.2, 0.25) is 12.7 Å². The molecule has 2 aliphatic rings. The number of benzene rings is 2. The molecule has 1 aliphatic heterocycles. The van der Waals surface area contributed by atoms with E-state index in [0.29, 0.717) is 19.4 Å². The molecule has 0 radical (unpaired) electrons. The maximum Gasteiger partial charge on any atom is 0.231 e. The van der Waals surface area contributed by atoms with Crippen molar-refractivity contribution in [2.45, 2.75) is 37.5 Å². The summed E-state index contributed by atoms with van der Waals surface area (Å²) in [7, 11) is 0. The molecule has 1 heterocycles. The average molecular weight is 416 g/mol. The summed E-state index contributed by atoms with van der Waals surface area (Å²) in [5, 5.41) is 3.16. The van der Waals surface area contributed by atoms with Gasteiger partial charge in [-0.25, -0.2) is 0 Å². The third-order valence-corrected chi connectivity index (χ3v) is 5.94. The van der Waals surface area contributed by atoms with Gasteiger partial charge in [0.1, 0.15) is 0 Å². The Balaban J connectivity index is 1.32. The standard InChI is InChI=1S/C21H22BrNO3/c22-17-4-1-3-16(12-17)21(9-2-10-21)13-23-20(24)8-6-15-5-7-18-19(11-15)26-14-25-18/h1,3-5,7,11-12H,2,6,8-10,13-14H2,(H,23,24). The summed E-state index contributed by atoms with van der Waals surface area (Å²) in [6.45, 7) is 0.986. The summed E-state index contributed by atoms with van der Waals surface area (Å²) in [6.07, 6.45) is 4.66. The fourth-order valence-corrected chi connectivity index (χ4v) is 4.10. The van der Waals surface area contributed by atoms with Crippen LogP contribution in [0.15, 0.2) is 46.9 Å². The van der Waals surface area contributed by atoms with E-state index in [1.165, 1.54) is 12.0 Å². The summed E-state index contributed by atoms with van der Waals surface area (Å²) in [5.74, 6) is 1.65. The van der Waals surface area contributed by atoms with E-state index in [9.17, 15) is 4.79 Å². The molecule has 1 N–H and O–H groups in total. The maximum atomic E-state index is 12.4. The molecule has 0 bridgehead atoms. The molecule has 0 unspecified atom stereocenters. The van der Waals surface area contributed by atoms with E-state index in [0.717, 1.165) is 34.4 Å². The van der Waals surface area contributed by atoms with Crippen molar-refractivity contribution in [3.05, 3.63) is 58.1 Å². The van der Waals surface area contributed by atoms with Gasteiger partial charge in [-0.1, -0.05) is 40.5 Å². The number of halogens is 1. The van der Waals surface area contributed by atoms with Crippen molar-refractivity contribution in [1.29, 1.82) is 0 Å². The third kappa shape index (κ3) is 3.58. The van der Waals surface area contributed by atoms with E-state index >= 15 is 0 Å². The molecule has 1 aliphatic carbocycles. The van der Waals surface area contributed by atoms with E-state index in [-0.39, 0.29) is 18.1 Å². The fraction of sp³-hybridized carbons (Fsp3) is 0.381. The molecule has 5 heteroatoms. The zero-order chi connectivity index (χ0) is 18.0. The molecule has 1 fully saturated rings. The van der Waals surface area contributed by atoms with Crippen molar-refractivity contribution in [2.75, 3.05) is 13.3 Å². The normalized spacial score (nSPS) is 16.8. The molecule has 1 saturated carbocycles. The van der Waals surface area contributed by atoms with Gasteiger partial charge >= 0.3 is 0 Å². The molecule has 2 aromatic carbocycles. The first-order chi connectivity index (χ1) is 12.6. The number of fused-ring (bicyclic) bond motifs is 1. The van der Waals surface area contributed by atoms with Crippen LogP contribution in [-0.2, 0) is 16.6 Å². The molecular formula is C21H22BrNO3. The number of nitrogens with one attached hydrogen (secondary N) is 1. The van der Waals surface area contributed by atoms with E-state index in [1.54, 1.807) is 0 Å². The van der Waals surface area contributed by atoms with Crippen LogP contribution in [0.25, 0.3) is 0 Å². The molecule has 0 atom stereocenters. The summed E-state index contributed by atoms with van der Waals surface area (Å²) >= 11 is 3.55. The van der Waals surface area contributed by atoms with Crippen LogP contribution in [0.4, 0.5) is 0 Å². The molecular weight excluding hydrogens is 394 g/mol. The number of ether oxygens (including phenoxy) is 2. The quantitative estimate of drug-likeness (QED) is 0.762. The molecule has 1 amide bonds. The van der Waals surface area contributed by atoms with Gasteiger partial charge in [0.05, 0.1) is 0 Å². The monoisotopic (exact) mass is 415 g/mol. The SMILES string of the molecule is O=C(CCc1ccc2c(c1)OCO2)NCC1(c2cccc(Br)c2)CCC1. The molecule has 26 heavy (non-hydrogen) atoms. The van der Waals surface area contributed by atoms with E-state index in [2.05, 4.69) is 39.4 Å².